The van der Waals surface area contributed by atoms with Crippen LogP contribution in [0.15, 0.2) is 29.1 Å². The molecule has 1 rings (SSSR count). The summed E-state index contributed by atoms with van der Waals surface area (Å²) in [6.07, 6.45) is 4.76. The van der Waals surface area contributed by atoms with Crippen LogP contribution >= 0.6 is 0 Å². The van der Waals surface area contributed by atoms with Gasteiger partial charge in [-0.15, -0.1) is 0 Å². The van der Waals surface area contributed by atoms with E-state index in [-0.39, 0.29) is 0 Å². The molecule has 0 amide bonds. The first-order valence-electron chi connectivity index (χ1n) is 2.82. The first-order valence-corrected chi connectivity index (χ1v) is 2.82. The van der Waals surface area contributed by atoms with Gasteiger partial charge in [-0.05, 0) is 12.1 Å². The van der Waals surface area contributed by atoms with Gasteiger partial charge in [-0.3, -0.25) is 0 Å². The van der Waals surface area contributed by atoms with Crippen LogP contribution in [0, 0.1) is 0 Å². The monoisotopic (exact) mass is 126 g/mol. The number of rotatable bonds is 1. The van der Waals surface area contributed by atoms with Gasteiger partial charge in [0.25, 0.3) is 0 Å². The quantitative estimate of drug-likeness (QED) is 0.538. The second-order valence-electron chi connectivity index (χ2n) is 1.37. The highest BCUT2D eigenvalue weighted by atomic mass is 16.3. The van der Waals surface area contributed by atoms with E-state index < -0.39 is 0 Å². The van der Waals surface area contributed by atoms with Gasteiger partial charge in [0.05, 0.1) is 12.5 Å². The highest BCUT2D eigenvalue weighted by Crippen LogP contribution is 1.79. The predicted octanol–water partition coefficient (Wildman–Crippen LogP) is 1.87. The average molecular weight is 126 g/mol. The minimum Gasteiger partial charge on any atom is -0.473 e. The SMILES string of the molecule is CCC=O.c1ccoc1. The summed E-state index contributed by atoms with van der Waals surface area (Å²) in [6.45, 7) is 1.81. The second-order valence-corrected chi connectivity index (χ2v) is 1.37. The van der Waals surface area contributed by atoms with Crippen LogP contribution in [0.1, 0.15) is 13.3 Å². The molecule has 0 radical (unpaired) electrons. The summed E-state index contributed by atoms with van der Waals surface area (Å²) in [5.74, 6) is 0. The Morgan fingerprint density at radius 3 is 2.00 bits per heavy atom. The third-order valence-corrected chi connectivity index (χ3v) is 0.592. The molecule has 0 N–H and O–H groups in total. The van der Waals surface area contributed by atoms with Gasteiger partial charge in [0.15, 0.2) is 0 Å². The Morgan fingerprint density at radius 2 is 1.89 bits per heavy atom. The van der Waals surface area contributed by atoms with Crippen LogP contribution in [0.25, 0.3) is 0 Å². The minimum atomic E-state index is 0.639. The van der Waals surface area contributed by atoms with E-state index in [0.29, 0.717) is 6.42 Å². The molecule has 0 spiro atoms. The van der Waals surface area contributed by atoms with Gasteiger partial charge < -0.3 is 9.21 Å². The van der Waals surface area contributed by atoms with Crippen molar-refractivity contribution >= 4 is 6.29 Å². The summed E-state index contributed by atoms with van der Waals surface area (Å²) in [7, 11) is 0. The number of furan rings is 1. The van der Waals surface area contributed by atoms with Crippen molar-refractivity contribution in [2.45, 2.75) is 13.3 Å². The van der Waals surface area contributed by atoms with Crippen molar-refractivity contribution in [2.24, 2.45) is 0 Å². The molecule has 1 aromatic heterocycles. The number of aldehydes is 1. The van der Waals surface area contributed by atoms with Crippen molar-refractivity contribution < 1.29 is 9.21 Å². The summed E-state index contributed by atoms with van der Waals surface area (Å²) >= 11 is 0. The predicted molar refractivity (Wildman–Crippen MR) is 35.1 cm³/mol. The van der Waals surface area contributed by atoms with Crippen LogP contribution < -0.4 is 0 Å². The van der Waals surface area contributed by atoms with Gasteiger partial charge in [-0.25, -0.2) is 0 Å². The fourth-order valence-corrected chi connectivity index (χ4v) is 0.227. The lowest BCUT2D eigenvalue weighted by atomic mass is 10.6. The maximum Gasteiger partial charge on any atom is 0.119 e. The zero-order chi connectivity index (χ0) is 6.95. The van der Waals surface area contributed by atoms with Gasteiger partial charge in [-0.1, -0.05) is 6.92 Å². The van der Waals surface area contributed by atoms with Crippen molar-refractivity contribution in [1.82, 2.24) is 0 Å². The lowest BCUT2D eigenvalue weighted by Gasteiger charge is -1.51. The first kappa shape index (κ1) is 7.95. The van der Waals surface area contributed by atoms with E-state index in [4.69, 9.17) is 0 Å². The average Bonchev–Trinajstić information content (AvgIpc) is 2.43. The molecule has 0 fully saturated rings. The van der Waals surface area contributed by atoms with Gasteiger partial charge in [0, 0.05) is 6.42 Å². The van der Waals surface area contributed by atoms with E-state index in [1.807, 2.05) is 19.1 Å². The molecule has 50 valence electrons. The van der Waals surface area contributed by atoms with Crippen molar-refractivity contribution in [3.8, 4) is 0 Å². The van der Waals surface area contributed by atoms with Crippen LogP contribution in [0.3, 0.4) is 0 Å². The topological polar surface area (TPSA) is 30.2 Å². The largest absolute Gasteiger partial charge is 0.473 e. The van der Waals surface area contributed by atoms with E-state index in [9.17, 15) is 4.79 Å². The molecular formula is C7H10O2. The van der Waals surface area contributed by atoms with Crippen LogP contribution in [-0.4, -0.2) is 6.29 Å². The van der Waals surface area contributed by atoms with Crippen LogP contribution in [0.4, 0.5) is 0 Å². The molecule has 0 aliphatic rings. The summed E-state index contributed by atoms with van der Waals surface area (Å²) in [6, 6.07) is 3.67. The Kier molecular flexibility index (Phi) is 6.14. The number of carbonyl (C=O) groups is 1. The van der Waals surface area contributed by atoms with Crippen molar-refractivity contribution in [1.29, 1.82) is 0 Å². The van der Waals surface area contributed by atoms with Gasteiger partial charge in [0.2, 0.25) is 0 Å². The fourth-order valence-electron chi connectivity index (χ4n) is 0.227. The standard InChI is InChI=1S/C4H4O.C3H6O/c1-2-4-5-3-1;1-2-3-4/h1-4H;3H,2H2,1H3. The summed E-state index contributed by atoms with van der Waals surface area (Å²) in [5, 5.41) is 0. The summed E-state index contributed by atoms with van der Waals surface area (Å²) in [4.78, 5) is 9.17. The Balaban J connectivity index is 0.000000148. The first-order chi connectivity index (χ1) is 4.41. The zero-order valence-corrected chi connectivity index (χ0v) is 5.41. The van der Waals surface area contributed by atoms with Crippen LogP contribution in [0.2, 0.25) is 0 Å². The van der Waals surface area contributed by atoms with E-state index in [0.717, 1.165) is 6.29 Å². The minimum absolute atomic E-state index is 0.639. The maximum absolute atomic E-state index is 9.17. The van der Waals surface area contributed by atoms with E-state index in [1.165, 1.54) is 0 Å². The van der Waals surface area contributed by atoms with Gasteiger partial charge in [-0.2, -0.15) is 0 Å². The van der Waals surface area contributed by atoms with E-state index in [2.05, 4.69) is 4.42 Å². The molecule has 1 heterocycles. The fraction of sp³-hybridized carbons (Fsp3) is 0.286. The highest BCUT2D eigenvalue weighted by molar-refractivity contribution is 5.48. The zero-order valence-electron chi connectivity index (χ0n) is 5.41. The Hall–Kier alpha value is -1.05. The second kappa shape index (κ2) is 6.95. The Labute approximate surface area is 54.5 Å². The molecule has 2 nitrogen and oxygen atoms in total. The summed E-state index contributed by atoms with van der Waals surface area (Å²) in [5.41, 5.74) is 0. The molecule has 0 aliphatic carbocycles. The molecule has 0 bridgehead atoms. The normalized spacial score (nSPS) is 7.22. The lowest BCUT2D eigenvalue weighted by Crippen LogP contribution is -1.55. The molecule has 0 aliphatic heterocycles. The number of hydrogen-bond acceptors (Lipinski definition) is 2. The molecule has 0 unspecified atom stereocenters. The molecule has 0 saturated heterocycles. The molecule has 0 atom stereocenters. The van der Waals surface area contributed by atoms with Gasteiger partial charge >= 0.3 is 0 Å². The van der Waals surface area contributed by atoms with E-state index >= 15 is 0 Å². The number of carbonyl (C=O) groups excluding carboxylic acids is 1. The van der Waals surface area contributed by atoms with Crippen LogP contribution in [-0.2, 0) is 4.79 Å². The molecule has 0 saturated carbocycles. The number of hydrogen-bond donors (Lipinski definition) is 0. The molecular weight excluding hydrogens is 116 g/mol. The smallest absolute Gasteiger partial charge is 0.119 e. The Bertz CT molecular complexity index is 104. The van der Waals surface area contributed by atoms with E-state index in [1.54, 1.807) is 12.5 Å². The third-order valence-electron chi connectivity index (χ3n) is 0.592. The lowest BCUT2D eigenvalue weighted by molar-refractivity contribution is -0.107. The third kappa shape index (κ3) is 6.95. The molecule has 9 heavy (non-hydrogen) atoms. The molecule has 1 aromatic rings. The maximum atomic E-state index is 9.17. The van der Waals surface area contributed by atoms with Gasteiger partial charge in [0.1, 0.15) is 6.29 Å². The van der Waals surface area contributed by atoms with Crippen LogP contribution in [0.5, 0.6) is 0 Å². The molecule has 2 heteroatoms. The highest BCUT2D eigenvalue weighted by Gasteiger charge is 1.58. The van der Waals surface area contributed by atoms with Crippen molar-refractivity contribution in [2.75, 3.05) is 0 Å². The van der Waals surface area contributed by atoms with Crippen molar-refractivity contribution in [3.63, 3.8) is 0 Å². The molecule has 0 aromatic carbocycles. The summed E-state index contributed by atoms with van der Waals surface area (Å²) < 4.78 is 4.58. The Morgan fingerprint density at radius 1 is 1.44 bits per heavy atom. The van der Waals surface area contributed by atoms with Crippen molar-refractivity contribution in [3.05, 3.63) is 24.7 Å².